The van der Waals surface area contributed by atoms with E-state index in [4.69, 9.17) is 0 Å². The molecule has 0 unspecified atom stereocenters. The molecule has 0 spiro atoms. The Morgan fingerprint density at radius 3 is 2.85 bits per heavy atom. The Bertz CT molecular complexity index is 553. The summed E-state index contributed by atoms with van der Waals surface area (Å²) in [4.78, 5) is 7.67. The summed E-state index contributed by atoms with van der Waals surface area (Å²) in [6, 6.07) is 11.2. The Kier molecular flexibility index (Phi) is 5.28. The van der Waals surface area contributed by atoms with Gasteiger partial charge in [-0.05, 0) is 30.4 Å². The van der Waals surface area contributed by atoms with E-state index in [0.717, 1.165) is 18.9 Å². The molecule has 4 nitrogen and oxygen atoms in total. The van der Waals surface area contributed by atoms with Crippen LogP contribution in [0.15, 0.2) is 35.3 Å². The normalized spacial score (nSPS) is 14.9. The van der Waals surface area contributed by atoms with E-state index in [1.165, 1.54) is 29.4 Å². The van der Waals surface area contributed by atoms with Gasteiger partial charge in [0.2, 0.25) is 0 Å². The molecule has 3 rings (SSSR count). The van der Waals surface area contributed by atoms with Crippen molar-refractivity contribution in [1.82, 2.24) is 15.6 Å². The van der Waals surface area contributed by atoms with Crippen LogP contribution in [0, 0.1) is 0 Å². The van der Waals surface area contributed by atoms with Crippen molar-refractivity contribution in [2.75, 3.05) is 13.6 Å². The topological polar surface area (TPSA) is 52.2 Å². The minimum atomic E-state index is 0. The summed E-state index contributed by atoms with van der Waals surface area (Å²) in [6.45, 7) is 0.888. The van der Waals surface area contributed by atoms with Gasteiger partial charge in [-0.25, -0.2) is 0 Å². The summed E-state index contributed by atoms with van der Waals surface area (Å²) in [5, 5.41) is 8.01. The van der Waals surface area contributed by atoms with Crippen LogP contribution in [0.2, 0.25) is 0 Å². The van der Waals surface area contributed by atoms with Gasteiger partial charge in [-0.2, -0.15) is 0 Å². The number of aliphatic imine (C=N–C) groups is 1. The molecule has 5 heteroatoms. The van der Waals surface area contributed by atoms with Crippen molar-refractivity contribution in [3.8, 4) is 0 Å². The number of aromatic amines is 1. The van der Waals surface area contributed by atoms with Gasteiger partial charge in [0.25, 0.3) is 0 Å². The van der Waals surface area contributed by atoms with Crippen molar-refractivity contribution in [3.05, 3.63) is 36.0 Å². The zero-order valence-electron chi connectivity index (χ0n) is 11.6. The summed E-state index contributed by atoms with van der Waals surface area (Å²) in [7, 11) is 1.82. The Balaban J connectivity index is 0.00000147. The highest BCUT2D eigenvalue weighted by Gasteiger charge is 2.21. The lowest BCUT2D eigenvalue weighted by atomic mass is 10.2. The van der Waals surface area contributed by atoms with Crippen molar-refractivity contribution in [2.24, 2.45) is 4.99 Å². The summed E-state index contributed by atoms with van der Waals surface area (Å²) in [5.74, 6) is 0.915. The van der Waals surface area contributed by atoms with E-state index in [0.29, 0.717) is 6.04 Å². The van der Waals surface area contributed by atoms with Crippen LogP contribution < -0.4 is 10.6 Å². The molecule has 1 aromatic heterocycles. The van der Waals surface area contributed by atoms with Crippen molar-refractivity contribution in [2.45, 2.75) is 25.3 Å². The Labute approximate surface area is 136 Å². The second-order valence-corrected chi connectivity index (χ2v) is 5.05. The van der Waals surface area contributed by atoms with Crippen LogP contribution in [-0.2, 0) is 6.42 Å². The summed E-state index contributed by atoms with van der Waals surface area (Å²) in [6.07, 6.45) is 3.51. The second-order valence-electron chi connectivity index (χ2n) is 5.05. The standard InChI is InChI=1S/C15H20N4.HI/c1-16-15(19-12-6-7-12)17-9-8-13-10-11-4-2-3-5-14(11)18-13;/h2-5,10,12,18H,6-9H2,1H3,(H2,16,17,19);1H. The molecule has 1 aromatic carbocycles. The quantitative estimate of drug-likeness (QED) is 0.431. The number of rotatable bonds is 4. The predicted octanol–water partition coefficient (Wildman–Crippen LogP) is 2.66. The van der Waals surface area contributed by atoms with E-state index in [-0.39, 0.29) is 24.0 Å². The monoisotopic (exact) mass is 384 g/mol. The van der Waals surface area contributed by atoms with E-state index < -0.39 is 0 Å². The Morgan fingerprint density at radius 2 is 2.15 bits per heavy atom. The lowest BCUT2D eigenvalue weighted by Crippen LogP contribution is -2.39. The van der Waals surface area contributed by atoms with Gasteiger partial charge < -0.3 is 15.6 Å². The SMILES string of the molecule is CN=C(NCCc1cc2ccccc2[nH]1)NC1CC1.I. The molecule has 0 atom stereocenters. The number of benzene rings is 1. The molecular formula is C15H21IN4. The molecule has 1 heterocycles. The number of hydrogen-bond acceptors (Lipinski definition) is 1. The highest BCUT2D eigenvalue weighted by molar-refractivity contribution is 14.0. The highest BCUT2D eigenvalue weighted by atomic mass is 127. The molecule has 20 heavy (non-hydrogen) atoms. The third kappa shape index (κ3) is 3.88. The fourth-order valence-electron chi connectivity index (χ4n) is 2.20. The van der Waals surface area contributed by atoms with Gasteiger partial charge in [-0.1, -0.05) is 18.2 Å². The molecule has 2 aromatic rings. The van der Waals surface area contributed by atoms with Gasteiger partial charge in [0, 0.05) is 37.3 Å². The number of para-hydroxylation sites is 1. The number of nitrogens with one attached hydrogen (secondary N) is 3. The molecule has 1 fully saturated rings. The maximum absolute atomic E-state index is 4.23. The number of nitrogens with zero attached hydrogens (tertiary/aromatic N) is 1. The lowest BCUT2D eigenvalue weighted by molar-refractivity contribution is 0.785. The van der Waals surface area contributed by atoms with Crippen LogP contribution in [0.1, 0.15) is 18.5 Å². The van der Waals surface area contributed by atoms with Crippen LogP contribution in [0.5, 0.6) is 0 Å². The first-order chi connectivity index (χ1) is 9.35. The molecule has 108 valence electrons. The average Bonchev–Trinajstić information content (AvgIpc) is 3.14. The van der Waals surface area contributed by atoms with Gasteiger partial charge in [-0.15, -0.1) is 24.0 Å². The van der Waals surface area contributed by atoms with Crippen LogP contribution in [-0.4, -0.2) is 30.6 Å². The zero-order chi connectivity index (χ0) is 13.1. The molecule has 0 radical (unpaired) electrons. The van der Waals surface area contributed by atoms with Gasteiger partial charge >= 0.3 is 0 Å². The molecule has 0 bridgehead atoms. The first-order valence-corrected chi connectivity index (χ1v) is 6.89. The van der Waals surface area contributed by atoms with E-state index in [1.807, 2.05) is 7.05 Å². The number of H-pyrrole nitrogens is 1. The van der Waals surface area contributed by atoms with E-state index in [9.17, 15) is 0 Å². The first-order valence-electron chi connectivity index (χ1n) is 6.89. The highest BCUT2D eigenvalue weighted by Crippen LogP contribution is 2.18. The van der Waals surface area contributed by atoms with Gasteiger partial charge in [0.15, 0.2) is 5.96 Å². The van der Waals surface area contributed by atoms with Crippen LogP contribution >= 0.6 is 24.0 Å². The van der Waals surface area contributed by atoms with E-state index >= 15 is 0 Å². The number of aromatic nitrogens is 1. The predicted molar refractivity (Wildman–Crippen MR) is 94.9 cm³/mol. The molecule has 1 aliphatic rings. The molecule has 0 aliphatic heterocycles. The maximum Gasteiger partial charge on any atom is 0.191 e. The molecule has 0 saturated heterocycles. The lowest BCUT2D eigenvalue weighted by Gasteiger charge is -2.10. The van der Waals surface area contributed by atoms with Crippen molar-refractivity contribution in [1.29, 1.82) is 0 Å². The van der Waals surface area contributed by atoms with Gasteiger partial charge in [-0.3, -0.25) is 4.99 Å². The molecule has 1 aliphatic carbocycles. The largest absolute Gasteiger partial charge is 0.358 e. The maximum atomic E-state index is 4.23. The summed E-state index contributed by atoms with van der Waals surface area (Å²) >= 11 is 0. The van der Waals surface area contributed by atoms with Crippen molar-refractivity contribution < 1.29 is 0 Å². The summed E-state index contributed by atoms with van der Waals surface area (Å²) in [5.41, 5.74) is 2.47. The zero-order valence-corrected chi connectivity index (χ0v) is 14.0. The minimum absolute atomic E-state index is 0. The fraction of sp³-hybridized carbons (Fsp3) is 0.400. The van der Waals surface area contributed by atoms with Gasteiger partial charge in [0.05, 0.1) is 0 Å². The third-order valence-electron chi connectivity index (χ3n) is 3.41. The molecule has 3 N–H and O–H groups in total. The molecular weight excluding hydrogens is 363 g/mol. The number of fused-ring (bicyclic) bond motifs is 1. The smallest absolute Gasteiger partial charge is 0.191 e. The van der Waals surface area contributed by atoms with Crippen molar-refractivity contribution in [3.63, 3.8) is 0 Å². The average molecular weight is 384 g/mol. The third-order valence-corrected chi connectivity index (χ3v) is 3.41. The van der Waals surface area contributed by atoms with E-state index in [1.54, 1.807) is 0 Å². The van der Waals surface area contributed by atoms with Crippen LogP contribution in [0.25, 0.3) is 10.9 Å². The fourth-order valence-corrected chi connectivity index (χ4v) is 2.20. The molecule has 1 saturated carbocycles. The number of halogens is 1. The van der Waals surface area contributed by atoms with Crippen LogP contribution in [0.4, 0.5) is 0 Å². The van der Waals surface area contributed by atoms with Gasteiger partial charge in [0.1, 0.15) is 0 Å². The van der Waals surface area contributed by atoms with Crippen molar-refractivity contribution >= 4 is 40.8 Å². The second kappa shape index (κ2) is 6.97. The minimum Gasteiger partial charge on any atom is -0.358 e. The summed E-state index contributed by atoms with van der Waals surface area (Å²) < 4.78 is 0. The number of guanidine groups is 1. The number of hydrogen-bond donors (Lipinski definition) is 3. The van der Waals surface area contributed by atoms with E-state index in [2.05, 4.69) is 50.9 Å². The first kappa shape index (κ1) is 15.2. The van der Waals surface area contributed by atoms with Crippen LogP contribution in [0.3, 0.4) is 0 Å². The molecule has 0 amide bonds. The Hall–Kier alpha value is -1.24. The Morgan fingerprint density at radius 1 is 1.35 bits per heavy atom.